The van der Waals surface area contributed by atoms with Crippen LogP contribution in [0.1, 0.15) is 49.4 Å². The monoisotopic (exact) mass is 269 g/mol. The Morgan fingerprint density at radius 3 is 2.28 bits per heavy atom. The maximum Gasteiger partial charge on any atom is 0.182 e. The molecule has 2 atom stereocenters. The number of hydrogen-bond acceptors (Lipinski definition) is 1. The molecule has 1 rings (SSSR count). The lowest BCUT2D eigenvalue weighted by Gasteiger charge is -2.19. The largest absolute Gasteiger partial charge is 0.348 e. The Hall–Kier alpha value is -0.760. The molecule has 0 fully saturated rings. The van der Waals surface area contributed by atoms with Crippen molar-refractivity contribution in [2.75, 3.05) is 0 Å². The highest BCUT2D eigenvalue weighted by molar-refractivity contribution is 6.33. The summed E-state index contributed by atoms with van der Waals surface area (Å²) in [7, 11) is 0. The van der Waals surface area contributed by atoms with E-state index in [1.807, 2.05) is 13.0 Å². The van der Waals surface area contributed by atoms with Gasteiger partial charge in [0.15, 0.2) is 5.78 Å². The summed E-state index contributed by atoms with van der Waals surface area (Å²) in [6.45, 7) is 13.4. The molecule has 0 bridgehead atoms. The SMILES string of the molecule is Cc1cc(C(=O)C(C)Cl)c(C)n1CC(C)C(C)C. The predicted octanol–water partition coefficient (Wildman–Crippen LogP) is 4.21. The first-order chi connectivity index (χ1) is 8.25. The van der Waals surface area contributed by atoms with Crippen molar-refractivity contribution in [3.8, 4) is 0 Å². The molecule has 0 aliphatic carbocycles. The van der Waals surface area contributed by atoms with Gasteiger partial charge in [-0.05, 0) is 38.7 Å². The molecule has 0 aliphatic rings. The number of ketones is 1. The summed E-state index contributed by atoms with van der Waals surface area (Å²) >= 11 is 5.89. The number of carbonyl (C=O) groups excluding carboxylic acids is 1. The van der Waals surface area contributed by atoms with Gasteiger partial charge in [0, 0.05) is 23.5 Å². The average molecular weight is 270 g/mol. The second-order valence-electron chi connectivity index (χ2n) is 5.60. The van der Waals surface area contributed by atoms with E-state index in [-0.39, 0.29) is 5.78 Å². The van der Waals surface area contributed by atoms with Crippen molar-refractivity contribution in [1.29, 1.82) is 0 Å². The first-order valence-electron chi connectivity index (χ1n) is 6.60. The second kappa shape index (κ2) is 5.92. The van der Waals surface area contributed by atoms with Crippen molar-refractivity contribution >= 4 is 17.4 Å². The van der Waals surface area contributed by atoms with Crippen molar-refractivity contribution in [2.45, 2.75) is 53.5 Å². The standard InChI is InChI=1S/C15H24ClNO/c1-9(2)10(3)8-17-11(4)7-14(13(17)6)15(18)12(5)16/h7,9-10,12H,8H2,1-6H3. The molecule has 0 spiro atoms. The molecule has 0 amide bonds. The van der Waals surface area contributed by atoms with E-state index in [4.69, 9.17) is 11.6 Å². The van der Waals surface area contributed by atoms with Crippen LogP contribution in [0.3, 0.4) is 0 Å². The molecular weight excluding hydrogens is 246 g/mol. The highest BCUT2D eigenvalue weighted by Gasteiger charge is 2.20. The zero-order valence-electron chi connectivity index (χ0n) is 12.2. The van der Waals surface area contributed by atoms with Gasteiger partial charge < -0.3 is 4.57 Å². The van der Waals surface area contributed by atoms with E-state index < -0.39 is 5.38 Å². The van der Waals surface area contributed by atoms with E-state index in [0.29, 0.717) is 11.8 Å². The number of alkyl halides is 1. The fourth-order valence-electron chi connectivity index (χ4n) is 2.04. The summed E-state index contributed by atoms with van der Waals surface area (Å²) in [6, 6.07) is 1.96. The highest BCUT2D eigenvalue weighted by atomic mass is 35.5. The Bertz CT molecular complexity index is 432. The van der Waals surface area contributed by atoms with E-state index in [2.05, 4.69) is 32.3 Å². The third kappa shape index (κ3) is 3.17. The minimum absolute atomic E-state index is 0.0215. The van der Waals surface area contributed by atoms with Crippen molar-refractivity contribution in [2.24, 2.45) is 11.8 Å². The van der Waals surface area contributed by atoms with Crippen LogP contribution >= 0.6 is 11.6 Å². The van der Waals surface area contributed by atoms with Crippen LogP contribution < -0.4 is 0 Å². The molecule has 3 heteroatoms. The Balaban J connectivity index is 3.05. The molecular formula is C15H24ClNO. The van der Waals surface area contributed by atoms with Crippen LogP contribution in [-0.2, 0) is 6.54 Å². The molecule has 0 saturated heterocycles. The molecule has 0 radical (unpaired) electrons. The fourth-order valence-corrected chi connectivity index (χ4v) is 2.16. The van der Waals surface area contributed by atoms with Gasteiger partial charge in [0.2, 0.25) is 0 Å². The maximum absolute atomic E-state index is 12.0. The zero-order chi connectivity index (χ0) is 14.0. The Kier molecular flexibility index (Phi) is 5.03. The van der Waals surface area contributed by atoms with Crippen LogP contribution in [0.4, 0.5) is 0 Å². The number of carbonyl (C=O) groups is 1. The fraction of sp³-hybridized carbons (Fsp3) is 0.667. The molecule has 0 saturated carbocycles. The second-order valence-corrected chi connectivity index (χ2v) is 6.25. The number of halogens is 1. The summed E-state index contributed by atoms with van der Waals surface area (Å²) in [5.74, 6) is 1.25. The van der Waals surface area contributed by atoms with Crippen LogP contribution in [0.2, 0.25) is 0 Å². The zero-order valence-corrected chi connectivity index (χ0v) is 13.0. The molecule has 18 heavy (non-hydrogen) atoms. The summed E-state index contributed by atoms with van der Waals surface area (Å²) in [6.07, 6.45) is 0. The van der Waals surface area contributed by atoms with Crippen molar-refractivity contribution in [3.05, 3.63) is 23.0 Å². The molecule has 1 aromatic rings. The molecule has 0 N–H and O–H groups in total. The molecule has 2 nitrogen and oxygen atoms in total. The maximum atomic E-state index is 12.0. The summed E-state index contributed by atoms with van der Waals surface area (Å²) < 4.78 is 2.23. The number of nitrogens with zero attached hydrogens (tertiary/aromatic N) is 1. The van der Waals surface area contributed by atoms with E-state index >= 15 is 0 Å². The molecule has 102 valence electrons. The van der Waals surface area contributed by atoms with Gasteiger partial charge >= 0.3 is 0 Å². The van der Waals surface area contributed by atoms with Gasteiger partial charge in [-0.1, -0.05) is 20.8 Å². The lowest BCUT2D eigenvalue weighted by atomic mass is 9.98. The number of rotatable bonds is 5. The lowest BCUT2D eigenvalue weighted by Crippen LogP contribution is -2.16. The van der Waals surface area contributed by atoms with Gasteiger partial charge in [-0.25, -0.2) is 0 Å². The molecule has 2 unspecified atom stereocenters. The first kappa shape index (κ1) is 15.3. The Morgan fingerprint density at radius 2 is 1.83 bits per heavy atom. The van der Waals surface area contributed by atoms with Gasteiger partial charge in [-0.3, -0.25) is 4.79 Å². The predicted molar refractivity (Wildman–Crippen MR) is 77.6 cm³/mol. The van der Waals surface area contributed by atoms with Gasteiger partial charge in [-0.2, -0.15) is 0 Å². The van der Waals surface area contributed by atoms with E-state index in [1.54, 1.807) is 6.92 Å². The summed E-state index contributed by atoms with van der Waals surface area (Å²) in [5, 5.41) is -0.457. The minimum atomic E-state index is -0.457. The van der Waals surface area contributed by atoms with Crippen LogP contribution in [0.5, 0.6) is 0 Å². The molecule has 1 heterocycles. The Labute approximate surface area is 115 Å². The number of aromatic nitrogens is 1. The van der Waals surface area contributed by atoms with Crippen LogP contribution in [0.25, 0.3) is 0 Å². The van der Waals surface area contributed by atoms with Crippen molar-refractivity contribution < 1.29 is 4.79 Å². The van der Waals surface area contributed by atoms with Crippen molar-refractivity contribution in [3.63, 3.8) is 0 Å². The van der Waals surface area contributed by atoms with Crippen molar-refractivity contribution in [1.82, 2.24) is 4.57 Å². The van der Waals surface area contributed by atoms with Gasteiger partial charge in [0.05, 0.1) is 5.38 Å². The molecule has 0 aromatic carbocycles. The Morgan fingerprint density at radius 1 is 1.28 bits per heavy atom. The number of hydrogen-bond donors (Lipinski definition) is 0. The first-order valence-corrected chi connectivity index (χ1v) is 7.04. The topological polar surface area (TPSA) is 22.0 Å². The van der Waals surface area contributed by atoms with Gasteiger partial charge in [0.1, 0.15) is 0 Å². The van der Waals surface area contributed by atoms with E-state index in [0.717, 1.165) is 23.5 Å². The third-order valence-electron chi connectivity index (χ3n) is 3.81. The van der Waals surface area contributed by atoms with Crippen LogP contribution in [0.15, 0.2) is 6.07 Å². The number of aryl methyl sites for hydroxylation is 1. The quantitative estimate of drug-likeness (QED) is 0.580. The normalized spacial score (nSPS) is 14.9. The lowest BCUT2D eigenvalue weighted by molar-refractivity contribution is 0.0991. The van der Waals surface area contributed by atoms with E-state index in [1.165, 1.54) is 0 Å². The third-order valence-corrected chi connectivity index (χ3v) is 4.01. The average Bonchev–Trinajstić information content (AvgIpc) is 2.55. The van der Waals surface area contributed by atoms with Crippen LogP contribution in [-0.4, -0.2) is 15.7 Å². The minimum Gasteiger partial charge on any atom is -0.348 e. The van der Waals surface area contributed by atoms with E-state index in [9.17, 15) is 4.79 Å². The number of Topliss-reactive ketones (excluding diaryl/α,β-unsaturated/α-hetero) is 1. The summed E-state index contributed by atoms with van der Waals surface area (Å²) in [4.78, 5) is 12.0. The molecule has 0 aliphatic heterocycles. The smallest absolute Gasteiger partial charge is 0.182 e. The van der Waals surface area contributed by atoms with Gasteiger partial charge in [-0.15, -0.1) is 11.6 Å². The molecule has 1 aromatic heterocycles. The summed E-state index contributed by atoms with van der Waals surface area (Å²) in [5.41, 5.74) is 2.95. The highest BCUT2D eigenvalue weighted by Crippen LogP contribution is 2.22. The van der Waals surface area contributed by atoms with Crippen LogP contribution in [0, 0.1) is 25.7 Å². The van der Waals surface area contributed by atoms with Gasteiger partial charge in [0.25, 0.3) is 0 Å².